The SMILES string of the molecule is Cc1cc(CCC(=O)O)[nH]c1/C=C1\C(=O)N(C)c2ncnc(Nc3ccc(F)c(Cl)c3)c21. The molecule has 1 aliphatic rings. The van der Waals surface area contributed by atoms with E-state index in [4.69, 9.17) is 16.7 Å². The van der Waals surface area contributed by atoms with Crippen molar-refractivity contribution in [2.24, 2.45) is 0 Å². The Labute approximate surface area is 187 Å². The lowest BCUT2D eigenvalue weighted by atomic mass is 10.1. The fraction of sp³-hybridized carbons (Fsp3) is 0.182. The number of carboxylic acids is 1. The molecule has 3 aromatic rings. The first-order chi connectivity index (χ1) is 15.2. The maximum atomic E-state index is 13.5. The Kier molecular flexibility index (Phi) is 5.67. The summed E-state index contributed by atoms with van der Waals surface area (Å²) in [5.41, 5.74) is 3.70. The summed E-state index contributed by atoms with van der Waals surface area (Å²) in [6, 6.07) is 6.05. The van der Waals surface area contributed by atoms with Gasteiger partial charge in [-0.25, -0.2) is 14.4 Å². The van der Waals surface area contributed by atoms with Crippen molar-refractivity contribution in [2.75, 3.05) is 17.3 Å². The third-order valence-corrected chi connectivity index (χ3v) is 5.43. The molecule has 0 saturated heterocycles. The number of carbonyl (C=O) groups is 2. The minimum absolute atomic E-state index is 0.00258. The predicted octanol–water partition coefficient (Wildman–Crippen LogP) is 4.18. The van der Waals surface area contributed by atoms with E-state index < -0.39 is 11.8 Å². The summed E-state index contributed by atoms with van der Waals surface area (Å²) < 4.78 is 13.5. The van der Waals surface area contributed by atoms with Crippen LogP contribution in [0.1, 0.15) is 28.9 Å². The number of likely N-dealkylation sites (N-methyl/N-ethyl adjacent to an activating group) is 1. The highest BCUT2D eigenvalue weighted by Gasteiger charge is 2.34. The number of aromatic nitrogens is 3. The first kappa shape index (κ1) is 21.5. The van der Waals surface area contributed by atoms with Crippen LogP contribution >= 0.6 is 11.6 Å². The number of H-pyrrole nitrogens is 1. The Morgan fingerprint density at radius 1 is 1.34 bits per heavy atom. The molecule has 1 amide bonds. The first-order valence-electron chi connectivity index (χ1n) is 9.72. The standard InChI is InChI=1S/C22H19ClFN5O3/c1-11-7-12(4-6-18(30)31)27-17(11)9-14-19-20(25-10-26-21(19)29(2)22(14)32)28-13-3-5-16(24)15(23)8-13/h3,5,7-10,27H,4,6H2,1-2H3,(H,30,31)(H,25,26,28)/b14-9-. The number of hydrogen-bond donors (Lipinski definition) is 3. The van der Waals surface area contributed by atoms with Crippen LogP contribution < -0.4 is 10.2 Å². The number of halogens is 2. The Morgan fingerprint density at radius 3 is 2.84 bits per heavy atom. The highest BCUT2D eigenvalue weighted by atomic mass is 35.5. The number of aryl methyl sites for hydroxylation is 2. The second-order valence-corrected chi connectivity index (χ2v) is 7.79. The van der Waals surface area contributed by atoms with Gasteiger partial charge < -0.3 is 15.4 Å². The molecular formula is C22H19ClFN5O3. The summed E-state index contributed by atoms with van der Waals surface area (Å²) in [5, 5.41) is 12.0. The number of carbonyl (C=O) groups excluding carboxylic acids is 1. The highest BCUT2D eigenvalue weighted by molar-refractivity contribution is 6.36. The molecular weight excluding hydrogens is 437 g/mol. The normalized spacial score (nSPS) is 14.2. The number of rotatable bonds is 6. The zero-order valence-electron chi connectivity index (χ0n) is 17.2. The molecule has 0 aliphatic carbocycles. The van der Waals surface area contributed by atoms with Gasteiger partial charge in [-0.05, 0) is 49.2 Å². The van der Waals surface area contributed by atoms with Crippen molar-refractivity contribution in [3.63, 3.8) is 0 Å². The van der Waals surface area contributed by atoms with E-state index >= 15 is 0 Å². The van der Waals surface area contributed by atoms with Crippen LogP contribution in [0.15, 0.2) is 30.6 Å². The van der Waals surface area contributed by atoms with E-state index in [1.54, 1.807) is 13.1 Å². The van der Waals surface area contributed by atoms with Crippen LogP contribution in [0.25, 0.3) is 11.6 Å². The second-order valence-electron chi connectivity index (χ2n) is 7.38. The molecule has 1 aliphatic heterocycles. The molecule has 0 saturated carbocycles. The van der Waals surface area contributed by atoms with Crippen molar-refractivity contribution in [3.8, 4) is 0 Å². The number of benzene rings is 1. The van der Waals surface area contributed by atoms with E-state index in [2.05, 4.69) is 20.3 Å². The molecule has 8 nitrogen and oxygen atoms in total. The highest BCUT2D eigenvalue weighted by Crippen LogP contribution is 2.40. The number of nitrogens with one attached hydrogen (secondary N) is 2. The summed E-state index contributed by atoms with van der Waals surface area (Å²) in [6.07, 6.45) is 3.40. The van der Waals surface area contributed by atoms with Crippen LogP contribution in [0.3, 0.4) is 0 Å². The van der Waals surface area contributed by atoms with E-state index in [0.29, 0.717) is 40.6 Å². The third kappa shape index (κ3) is 4.06. The van der Waals surface area contributed by atoms with Crippen molar-refractivity contribution in [2.45, 2.75) is 19.8 Å². The van der Waals surface area contributed by atoms with Crippen molar-refractivity contribution in [1.82, 2.24) is 15.0 Å². The first-order valence-corrected chi connectivity index (χ1v) is 10.1. The smallest absolute Gasteiger partial charge is 0.303 e. The van der Waals surface area contributed by atoms with Gasteiger partial charge in [-0.2, -0.15) is 0 Å². The largest absolute Gasteiger partial charge is 0.481 e. The number of fused-ring (bicyclic) bond motifs is 1. The molecule has 0 bridgehead atoms. The molecule has 0 unspecified atom stereocenters. The minimum atomic E-state index is -0.882. The summed E-state index contributed by atoms with van der Waals surface area (Å²) in [4.78, 5) is 37.0. The van der Waals surface area contributed by atoms with Crippen LogP contribution in [0.4, 0.5) is 21.7 Å². The molecule has 0 fully saturated rings. The lowest BCUT2D eigenvalue weighted by molar-refractivity contribution is -0.137. The van der Waals surface area contributed by atoms with Gasteiger partial charge in [0.2, 0.25) is 0 Å². The van der Waals surface area contributed by atoms with Crippen LogP contribution in [0.2, 0.25) is 5.02 Å². The Hall–Kier alpha value is -3.72. The Bertz CT molecular complexity index is 1270. The molecule has 32 heavy (non-hydrogen) atoms. The van der Waals surface area contributed by atoms with Crippen molar-refractivity contribution in [3.05, 3.63) is 63.9 Å². The van der Waals surface area contributed by atoms with Gasteiger partial charge >= 0.3 is 5.97 Å². The fourth-order valence-corrected chi connectivity index (χ4v) is 3.70. The Morgan fingerprint density at radius 2 is 2.12 bits per heavy atom. The van der Waals surface area contributed by atoms with Gasteiger partial charge in [0.1, 0.15) is 23.8 Å². The zero-order valence-corrected chi connectivity index (χ0v) is 18.0. The van der Waals surface area contributed by atoms with E-state index in [1.165, 1.54) is 29.4 Å². The number of aliphatic carboxylic acids is 1. The lowest BCUT2D eigenvalue weighted by Gasteiger charge is -2.11. The van der Waals surface area contributed by atoms with E-state index in [1.807, 2.05) is 13.0 Å². The van der Waals surface area contributed by atoms with Gasteiger partial charge in [-0.3, -0.25) is 14.5 Å². The van der Waals surface area contributed by atoms with E-state index in [9.17, 15) is 14.0 Å². The van der Waals surface area contributed by atoms with Crippen LogP contribution in [0, 0.1) is 12.7 Å². The molecule has 0 radical (unpaired) electrons. The van der Waals surface area contributed by atoms with Gasteiger partial charge in [0, 0.05) is 24.1 Å². The van der Waals surface area contributed by atoms with Gasteiger partial charge in [-0.15, -0.1) is 0 Å². The molecule has 0 atom stereocenters. The molecule has 10 heteroatoms. The summed E-state index contributed by atoms with van der Waals surface area (Å²) in [5.74, 6) is -0.880. The van der Waals surface area contributed by atoms with Gasteiger partial charge in [-0.1, -0.05) is 11.6 Å². The number of aromatic amines is 1. The van der Waals surface area contributed by atoms with E-state index in [-0.39, 0.29) is 17.4 Å². The monoisotopic (exact) mass is 455 g/mol. The summed E-state index contributed by atoms with van der Waals surface area (Å²) in [6.45, 7) is 1.87. The van der Waals surface area contributed by atoms with Crippen molar-refractivity contribution < 1.29 is 19.1 Å². The van der Waals surface area contributed by atoms with E-state index in [0.717, 1.165) is 11.3 Å². The molecule has 0 spiro atoms. The van der Waals surface area contributed by atoms with Gasteiger partial charge in [0.05, 0.1) is 22.6 Å². The number of amides is 1. The van der Waals surface area contributed by atoms with Crippen LogP contribution in [-0.2, 0) is 16.0 Å². The minimum Gasteiger partial charge on any atom is -0.481 e. The summed E-state index contributed by atoms with van der Waals surface area (Å²) in [7, 11) is 1.62. The fourth-order valence-electron chi connectivity index (χ4n) is 3.52. The second kappa shape index (κ2) is 8.43. The van der Waals surface area contributed by atoms with Gasteiger partial charge in [0.15, 0.2) is 0 Å². The average Bonchev–Trinajstić information content (AvgIpc) is 3.22. The average molecular weight is 456 g/mol. The molecule has 164 valence electrons. The topological polar surface area (TPSA) is 111 Å². The van der Waals surface area contributed by atoms with Crippen LogP contribution in [0.5, 0.6) is 0 Å². The number of anilines is 3. The lowest BCUT2D eigenvalue weighted by Crippen LogP contribution is -2.21. The van der Waals surface area contributed by atoms with Crippen LogP contribution in [-0.4, -0.2) is 39.0 Å². The predicted molar refractivity (Wildman–Crippen MR) is 119 cm³/mol. The summed E-state index contributed by atoms with van der Waals surface area (Å²) >= 11 is 5.88. The maximum absolute atomic E-state index is 13.5. The molecule has 1 aromatic carbocycles. The van der Waals surface area contributed by atoms with Crippen molar-refractivity contribution in [1.29, 1.82) is 0 Å². The zero-order chi connectivity index (χ0) is 23.0. The Balaban J connectivity index is 1.74. The quantitative estimate of drug-likeness (QED) is 0.481. The number of nitrogens with zero attached hydrogens (tertiary/aromatic N) is 3. The molecule has 4 rings (SSSR count). The maximum Gasteiger partial charge on any atom is 0.303 e. The molecule has 2 aromatic heterocycles. The molecule has 3 heterocycles. The van der Waals surface area contributed by atoms with Crippen molar-refractivity contribution >= 4 is 52.4 Å². The number of hydrogen-bond acceptors (Lipinski definition) is 5. The number of carboxylic acid groups (broad SMARTS) is 1. The third-order valence-electron chi connectivity index (χ3n) is 5.14. The van der Waals surface area contributed by atoms with Gasteiger partial charge in [0.25, 0.3) is 5.91 Å². The molecule has 3 N–H and O–H groups in total.